The summed E-state index contributed by atoms with van der Waals surface area (Å²) in [5.74, 6) is 0.158. The number of amides is 1. The molecule has 0 unspecified atom stereocenters. The van der Waals surface area contributed by atoms with Gasteiger partial charge >= 0.3 is 0 Å². The van der Waals surface area contributed by atoms with Crippen molar-refractivity contribution in [3.8, 4) is 11.1 Å². The fourth-order valence-electron chi connectivity index (χ4n) is 3.19. The molecule has 0 spiro atoms. The number of pyridine rings is 1. The van der Waals surface area contributed by atoms with Crippen molar-refractivity contribution in [3.63, 3.8) is 0 Å². The summed E-state index contributed by atoms with van der Waals surface area (Å²) in [5, 5.41) is 9.00. The summed E-state index contributed by atoms with van der Waals surface area (Å²) < 4.78 is 0. The molecule has 2 aromatic heterocycles. The molecule has 3 heterocycles. The zero-order chi connectivity index (χ0) is 17.2. The van der Waals surface area contributed by atoms with Gasteiger partial charge in [0.2, 0.25) is 5.91 Å². The largest absolute Gasteiger partial charge is 0.340 e. The van der Waals surface area contributed by atoms with E-state index < -0.39 is 0 Å². The number of nitrogens with one attached hydrogen (secondary N) is 1. The highest BCUT2D eigenvalue weighted by atomic mass is 16.2. The molecule has 0 atom stereocenters. The quantitative estimate of drug-likeness (QED) is 0.794. The second-order valence-electron chi connectivity index (χ2n) is 6.59. The first-order chi connectivity index (χ1) is 12.2. The first kappa shape index (κ1) is 15.8. The van der Waals surface area contributed by atoms with E-state index in [1.54, 1.807) is 6.20 Å². The lowest BCUT2D eigenvalue weighted by molar-refractivity contribution is -0.132. The average molecular weight is 335 g/mol. The lowest BCUT2D eigenvalue weighted by Gasteiger charge is -2.32. The Morgan fingerprint density at radius 2 is 1.92 bits per heavy atom. The molecule has 0 bridgehead atoms. The minimum atomic E-state index is 0.158. The summed E-state index contributed by atoms with van der Waals surface area (Å²) in [6.07, 6.45) is 5.89. The van der Waals surface area contributed by atoms with Crippen LogP contribution in [0.2, 0.25) is 0 Å². The van der Waals surface area contributed by atoms with Crippen LogP contribution in [0.1, 0.15) is 5.69 Å². The van der Waals surface area contributed by atoms with Crippen molar-refractivity contribution in [1.82, 2.24) is 25.0 Å². The van der Waals surface area contributed by atoms with Gasteiger partial charge in [-0.1, -0.05) is 12.1 Å². The molecule has 6 heteroatoms. The van der Waals surface area contributed by atoms with Crippen LogP contribution in [0.3, 0.4) is 0 Å². The van der Waals surface area contributed by atoms with Crippen molar-refractivity contribution in [1.29, 1.82) is 0 Å². The second-order valence-corrected chi connectivity index (χ2v) is 6.59. The molecule has 1 N–H and O–H groups in total. The van der Waals surface area contributed by atoms with E-state index in [9.17, 15) is 4.79 Å². The number of benzene rings is 1. The Bertz CT molecular complexity index is 882. The highest BCUT2D eigenvalue weighted by Gasteiger charge is 2.19. The van der Waals surface area contributed by atoms with Crippen molar-refractivity contribution in [2.75, 3.05) is 33.2 Å². The van der Waals surface area contributed by atoms with Gasteiger partial charge in [-0.3, -0.25) is 14.9 Å². The molecule has 1 aliphatic rings. The van der Waals surface area contributed by atoms with Crippen molar-refractivity contribution in [3.05, 3.63) is 48.5 Å². The number of H-pyrrole nitrogens is 1. The van der Waals surface area contributed by atoms with Crippen LogP contribution in [-0.4, -0.2) is 64.1 Å². The van der Waals surface area contributed by atoms with Crippen LogP contribution in [0.15, 0.2) is 42.9 Å². The van der Waals surface area contributed by atoms with Crippen molar-refractivity contribution >= 4 is 16.7 Å². The minimum absolute atomic E-state index is 0.158. The van der Waals surface area contributed by atoms with Gasteiger partial charge in [-0.25, -0.2) is 0 Å². The molecule has 4 rings (SSSR count). The van der Waals surface area contributed by atoms with Crippen molar-refractivity contribution in [2.24, 2.45) is 0 Å². The molecular weight excluding hydrogens is 314 g/mol. The van der Waals surface area contributed by atoms with E-state index in [1.165, 1.54) is 0 Å². The predicted molar refractivity (Wildman–Crippen MR) is 97.1 cm³/mol. The summed E-state index contributed by atoms with van der Waals surface area (Å²) in [5.41, 5.74) is 2.97. The molecule has 1 fully saturated rings. The topological polar surface area (TPSA) is 65.1 Å². The van der Waals surface area contributed by atoms with E-state index in [0.717, 1.165) is 53.8 Å². The molecule has 128 valence electrons. The standard InChI is InChI=1S/C19H21N5O/c1-23-4-6-24(7-5-23)19(25)10-18-9-16-8-14(17-12-21-22-13-17)2-3-15(16)11-20-18/h2-3,8-9,11-13H,4-7,10H2,1H3,(H,21,22). The third-order valence-corrected chi connectivity index (χ3v) is 4.80. The zero-order valence-corrected chi connectivity index (χ0v) is 14.3. The molecule has 25 heavy (non-hydrogen) atoms. The van der Waals surface area contributed by atoms with Crippen LogP contribution in [-0.2, 0) is 11.2 Å². The van der Waals surface area contributed by atoms with Crippen LogP contribution in [0.4, 0.5) is 0 Å². The third-order valence-electron chi connectivity index (χ3n) is 4.80. The molecule has 0 saturated carbocycles. The lowest BCUT2D eigenvalue weighted by Crippen LogP contribution is -2.47. The first-order valence-corrected chi connectivity index (χ1v) is 8.53. The van der Waals surface area contributed by atoms with Gasteiger partial charge in [0.25, 0.3) is 0 Å². The number of aromatic nitrogens is 3. The van der Waals surface area contributed by atoms with Crippen LogP contribution >= 0.6 is 0 Å². The fourth-order valence-corrected chi connectivity index (χ4v) is 3.19. The van der Waals surface area contributed by atoms with Gasteiger partial charge in [-0.2, -0.15) is 5.10 Å². The van der Waals surface area contributed by atoms with E-state index in [-0.39, 0.29) is 5.91 Å². The lowest BCUT2D eigenvalue weighted by atomic mass is 10.0. The zero-order valence-electron chi connectivity index (χ0n) is 14.3. The number of aromatic amines is 1. The maximum Gasteiger partial charge on any atom is 0.228 e. The Balaban J connectivity index is 1.54. The number of hydrogen-bond donors (Lipinski definition) is 1. The van der Waals surface area contributed by atoms with Crippen LogP contribution in [0.5, 0.6) is 0 Å². The summed E-state index contributed by atoms with van der Waals surface area (Å²) >= 11 is 0. The second kappa shape index (κ2) is 6.64. The predicted octanol–water partition coefficient (Wildman–Crippen LogP) is 1.94. The maximum atomic E-state index is 12.5. The van der Waals surface area contributed by atoms with Crippen LogP contribution in [0, 0.1) is 0 Å². The molecule has 1 aliphatic heterocycles. The van der Waals surface area contributed by atoms with Gasteiger partial charge in [-0.15, -0.1) is 0 Å². The van der Waals surface area contributed by atoms with E-state index in [4.69, 9.17) is 0 Å². The van der Waals surface area contributed by atoms with Gasteiger partial charge in [0, 0.05) is 49.5 Å². The Hall–Kier alpha value is -2.73. The van der Waals surface area contributed by atoms with Crippen molar-refractivity contribution < 1.29 is 4.79 Å². The molecule has 6 nitrogen and oxygen atoms in total. The van der Waals surface area contributed by atoms with Crippen LogP contribution in [0.25, 0.3) is 21.9 Å². The fraction of sp³-hybridized carbons (Fsp3) is 0.316. The summed E-state index contributed by atoms with van der Waals surface area (Å²) in [7, 11) is 2.09. The van der Waals surface area contributed by atoms with Gasteiger partial charge < -0.3 is 9.80 Å². The van der Waals surface area contributed by atoms with Gasteiger partial charge in [-0.05, 0) is 30.1 Å². The smallest absolute Gasteiger partial charge is 0.228 e. The van der Waals surface area contributed by atoms with E-state index >= 15 is 0 Å². The molecule has 1 saturated heterocycles. The van der Waals surface area contributed by atoms with Crippen molar-refractivity contribution in [2.45, 2.75) is 6.42 Å². The molecule has 0 aliphatic carbocycles. The first-order valence-electron chi connectivity index (χ1n) is 8.53. The average Bonchev–Trinajstić information content (AvgIpc) is 3.16. The summed E-state index contributed by atoms with van der Waals surface area (Å²) in [6, 6.07) is 8.25. The van der Waals surface area contributed by atoms with Gasteiger partial charge in [0.05, 0.1) is 18.3 Å². The number of carbonyl (C=O) groups excluding carboxylic acids is 1. The highest BCUT2D eigenvalue weighted by Crippen LogP contribution is 2.24. The molecule has 3 aromatic rings. The van der Waals surface area contributed by atoms with Gasteiger partial charge in [0.15, 0.2) is 0 Å². The Morgan fingerprint density at radius 1 is 1.08 bits per heavy atom. The van der Waals surface area contributed by atoms with E-state index in [1.807, 2.05) is 23.4 Å². The molecular formula is C19H21N5O. The number of piperazine rings is 1. The maximum absolute atomic E-state index is 12.5. The Kier molecular flexibility index (Phi) is 4.19. The minimum Gasteiger partial charge on any atom is -0.340 e. The Labute approximate surface area is 146 Å². The Morgan fingerprint density at radius 3 is 2.68 bits per heavy atom. The number of hydrogen-bond acceptors (Lipinski definition) is 4. The summed E-state index contributed by atoms with van der Waals surface area (Å²) in [6.45, 7) is 3.47. The third kappa shape index (κ3) is 3.39. The normalized spacial score (nSPS) is 15.6. The molecule has 1 amide bonds. The van der Waals surface area contributed by atoms with Crippen LogP contribution < -0.4 is 0 Å². The number of likely N-dealkylation sites (N-methyl/N-ethyl adjacent to an activating group) is 1. The van der Waals surface area contributed by atoms with E-state index in [0.29, 0.717) is 6.42 Å². The highest BCUT2D eigenvalue weighted by molar-refractivity contribution is 5.88. The SMILES string of the molecule is CN1CCN(C(=O)Cc2cc3cc(-c4cn[nH]c4)ccc3cn2)CC1. The number of nitrogens with zero attached hydrogens (tertiary/aromatic N) is 4. The van der Waals surface area contributed by atoms with Gasteiger partial charge in [0.1, 0.15) is 0 Å². The number of fused-ring (bicyclic) bond motifs is 1. The molecule has 1 aromatic carbocycles. The van der Waals surface area contributed by atoms with E-state index in [2.05, 4.69) is 45.3 Å². The number of rotatable bonds is 3. The molecule has 0 radical (unpaired) electrons. The number of carbonyl (C=O) groups is 1. The monoisotopic (exact) mass is 335 g/mol. The summed E-state index contributed by atoms with van der Waals surface area (Å²) in [4.78, 5) is 21.2.